The van der Waals surface area contributed by atoms with Gasteiger partial charge in [0.1, 0.15) is 11.6 Å². The lowest BCUT2D eigenvalue weighted by atomic mass is 10.1. The molecule has 27 heavy (non-hydrogen) atoms. The zero-order valence-corrected chi connectivity index (χ0v) is 16.8. The Morgan fingerprint density at radius 3 is 2.26 bits per heavy atom. The average Bonchev–Trinajstić information content (AvgIpc) is 2.63. The SMILES string of the molecule is CCOC(=O)/C(=C/C=C1\C=CC(CC)=CN1C(CC)C(=O)OCC)C(C)=O. The molecule has 1 rings (SSSR count). The van der Waals surface area contributed by atoms with Gasteiger partial charge in [0.15, 0.2) is 5.78 Å². The Hall–Kier alpha value is -2.63. The first-order valence-corrected chi connectivity index (χ1v) is 9.33. The number of carbonyl (C=O) groups is 3. The van der Waals surface area contributed by atoms with Crippen LogP contribution in [0.1, 0.15) is 47.5 Å². The zero-order chi connectivity index (χ0) is 20.4. The van der Waals surface area contributed by atoms with Crippen LogP contribution >= 0.6 is 0 Å². The molecule has 6 heteroatoms. The number of esters is 2. The summed E-state index contributed by atoms with van der Waals surface area (Å²) < 4.78 is 10.1. The number of hydrogen-bond acceptors (Lipinski definition) is 6. The van der Waals surface area contributed by atoms with Crippen LogP contribution in [0.3, 0.4) is 0 Å². The number of rotatable bonds is 9. The molecule has 0 aliphatic carbocycles. The van der Waals surface area contributed by atoms with E-state index in [1.807, 2.05) is 37.1 Å². The highest BCUT2D eigenvalue weighted by Gasteiger charge is 2.27. The number of ketones is 1. The van der Waals surface area contributed by atoms with Gasteiger partial charge < -0.3 is 14.4 Å². The molecule has 6 nitrogen and oxygen atoms in total. The molecular formula is C21H29NO5. The maximum atomic E-state index is 12.4. The highest BCUT2D eigenvalue weighted by Crippen LogP contribution is 2.24. The highest BCUT2D eigenvalue weighted by molar-refractivity contribution is 6.16. The summed E-state index contributed by atoms with van der Waals surface area (Å²) in [7, 11) is 0. The summed E-state index contributed by atoms with van der Waals surface area (Å²) in [5.41, 5.74) is 1.72. The summed E-state index contributed by atoms with van der Waals surface area (Å²) in [6.07, 6.45) is 10.2. The third-order valence-corrected chi connectivity index (χ3v) is 4.06. The first-order valence-electron chi connectivity index (χ1n) is 9.33. The lowest BCUT2D eigenvalue weighted by molar-refractivity contribution is -0.148. The van der Waals surface area contributed by atoms with Crippen molar-refractivity contribution in [2.45, 2.75) is 53.5 Å². The van der Waals surface area contributed by atoms with Gasteiger partial charge in [0.25, 0.3) is 0 Å². The fourth-order valence-corrected chi connectivity index (χ4v) is 2.62. The summed E-state index contributed by atoms with van der Waals surface area (Å²) in [4.78, 5) is 37.9. The third kappa shape index (κ3) is 6.24. The Bertz CT molecular complexity index is 685. The van der Waals surface area contributed by atoms with Crippen LogP contribution in [0.5, 0.6) is 0 Å². The molecule has 1 heterocycles. The molecule has 0 radical (unpaired) electrons. The van der Waals surface area contributed by atoms with Gasteiger partial charge in [-0.2, -0.15) is 0 Å². The molecule has 148 valence electrons. The van der Waals surface area contributed by atoms with E-state index in [1.165, 1.54) is 13.0 Å². The molecular weight excluding hydrogens is 346 g/mol. The van der Waals surface area contributed by atoms with Crippen molar-refractivity contribution in [3.8, 4) is 0 Å². The fourth-order valence-electron chi connectivity index (χ4n) is 2.62. The molecule has 0 aromatic heterocycles. The first-order chi connectivity index (χ1) is 12.9. The van der Waals surface area contributed by atoms with E-state index < -0.39 is 12.0 Å². The maximum absolute atomic E-state index is 12.4. The number of ether oxygens (including phenoxy) is 2. The molecule has 0 aromatic carbocycles. The quantitative estimate of drug-likeness (QED) is 0.266. The van der Waals surface area contributed by atoms with Crippen LogP contribution in [0.15, 0.2) is 47.3 Å². The second-order valence-corrected chi connectivity index (χ2v) is 5.92. The third-order valence-electron chi connectivity index (χ3n) is 4.06. The molecule has 0 bridgehead atoms. The van der Waals surface area contributed by atoms with Crippen molar-refractivity contribution in [1.82, 2.24) is 4.90 Å². The van der Waals surface area contributed by atoms with E-state index in [4.69, 9.17) is 9.47 Å². The highest BCUT2D eigenvalue weighted by atomic mass is 16.5. The molecule has 0 saturated heterocycles. The van der Waals surface area contributed by atoms with Gasteiger partial charge in [0.05, 0.1) is 13.2 Å². The van der Waals surface area contributed by atoms with Crippen molar-refractivity contribution in [1.29, 1.82) is 0 Å². The first kappa shape index (κ1) is 22.4. The summed E-state index contributed by atoms with van der Waals surface area (Å²) in [5.74, 6) is -1.34. The smallest absolute Gasteiger partial charge is 0.341 e. The number of allylic oxidation sites excluding steroid dienone is 5. The van der Waals surface area contributed by atoms with Crippen LogP contribution < -0.4 is 0 Å². The molecule has 0 fully saturated rings. The zero-order valence-electron chi connectivity index (χ0n) is 16.8. The Labute approximate surface area is 161 Å². The van der Waals surface area contributed by atoms with Gasteiger partial charge in [-0.15, -0.1) is 0 Å². The second kappa shape index (κ2) is 11.2. The van der Waals surface area contributed by atoms with E-state index in [2.05, 4.69) is 0 Å². The largest absolute Gasteiger partial charge is 0.464 e. The molecule has 1 aliphatic heterocycles. The summed E-state index contributed by atoms with van der Waals surface area (Å²) >= 11 is 0. The summed E-state index contributed by atoms with van der Waals surface area (Å²) in [6.45, 7) is 9.21. The molecule has 1 atom stereocenters. The van der Waals surface area contributed by atoms with E-state index in [9.17, 15) is 14.4 Å². The summed E-state index contributed by atoms with van der Waals surface area (Å²) in [5, 5.41) is 0. The number of nitrogens with zero attached hydrogens (tertiary/aromatic N) is 1. The van der Waals surface area contributed by atoms with Crippen LogP contribution in [-0.4, -0.2) is 41.9 Å². The molecule has 0 saturated carbocycles. The van der Waals surface area contributed by atoms with E-state index in [0.29, 0.717) is 18.7 Å². The predicted octanol–water partition coefficient (Wildman–Crippen LogP) is 3.46. The van der Waals surface area contributed by atoms with Crippen LogP contribution in [0.2, 0.25) is 0 Å². The second-order valence-electron chi connectivity index (χ2n) is 5.92. The molecule has 0 aromatic rings. The van der Waals surface area contributed by atoms with Crippen molar-refractivity contribution in [2.75, 3.05) is 13.2 Å². The van der Waals surface area contributed by atoms with Gasteiger partial charge in [0, 0.05) is 11.9 Å². The lowest BCUT2D eigenvalue weighted by Crippen LogP contribution is -2.38. The molecule has 0 amide bonds. The average molecular weight is 375 g/mol. The van der Waals surface area contributed by atoms with Gasteiger partial charge >= 0.3 is 11.9 Å². The normalized spacial score (nSPS) is 16.8. The minimum absolute atomic E-state index is 0.0350. The minimum Gasteiger partial charge on any atom is -0.464 e. The van der Waals surface area contributed by atoms with Crippen LogP contribution in [0.25, 0.3) is 0 Å². The number of Topliss-reactive ketones (excluding diaryl/α,β-unsaturated/α-hetero) is 1. The van der Waals surface area contributed by atoms with Crippen LogP contribution in [0.4, 0.5) is 0 Å². The van der Waals surface area contributed by atoms with E-state index in [-0.39, 0.29) is 23.9 Å². The van der Waals surface area contributed by atoms with Crippen molar-refractivity contribution in [2.24, 2.45) is 0 Å². The van der Waals surface area contributed by atoms with E-state index in [0.717, 1.165) is 12.0 Å². The Balaban J connectivity index is 3.29. The Kier molecular flexibility index (Phi) is 9.26. The Morgan fingerprint density at radius 1 is 1.07 bits per heavy atom. The van der Waals surface area contributed by atoms with Gasteiger partial charge in [0.2, 0.25) is 0 Å². The van der Waals surface area contributed by atoms with Crippen LogP contribution in [0, 0.1) is 0 Å². The number of hydrogen-bond donors (Lipinski definition) is 0. The van der Waals surface area contributed by atoms with Crippen LogP contribution in [-0.2, 0) is 23.9 Å². The standard InChI is InChI=1S/C21H29NO5/c1-6-16-10-11-17(12-13-18(15(5)23)20(24)26-8-3)22(14-16)19(7-2)21(25)27-9-4/h10-14,19H,6-9H2,1-5H3/b17-12+,18-13+. The van der Waals surface area contributed by atoms with Gasteiger partial charge in [-0.05, 0) is 57.4 Å². The fraction of sp³-hybridized carbons (Fsp3) is 0.476. The van der Waals surface area contributed by atoms with Crippen molar-refractivity contribution in [3.05, 3.63) is 47.3 Å². The van der Waals surface area contributed by atoms with Gasteiger partial charge in [-0.3, -0.25) is 4.79 Å². The summed E-state index contributed by atoms with van der Waals surface area (Å²) in [6, 6.07) is -0.487. The van der Waals surface area contributed by atoms with Crippen molar-refractivity contribution >= 4 is 17.7 Å². The molecule has 0 spiro atoms. The van der Waals surface area contributed by atoms with Crippen molar-refractivity contribution < 1.29 is 23.9 Å². The van der Waals surface area contributed by atoms with Gasteiger partial charge in [-0.25, -0.2) is 9.59 Å². The predicted molar refractivity (Wildman–Crippen MR) is 104 cm³/mol. The molecule has 1 unspecified atom stereocenters. The lowest BCUT2D eigenvalue weighted by Gasteiger charge is -2.32. The topological polar surface area (TPSA) is 72.9 Å². The minimum atomic E-state index is -0.657. The van der Waals surface area contributed by atoms with E-state index >= 15 is 0 Å². The Morgan fingerprint density at radius 2 is 1.74 bits per heavy atom. The van der Waals surface area contributed by atoms with E-state index in [1.54, 1.807) is 19.9 Å². The molecule has 0 N–H and O–H groups in total. The number of carbonyl (C=O) groups excluding carboxylic acids is 3. The maximum Gasteiger partial charge on any atom is 0.341 e. The monoisotopic (exact) mass is 375 g/mol. The van der Waals surface area contributed by atoms with Gasteiger partial charge in [-0.1, -0.05) is 19.9 Å². The molecule has 1 aliphatic rings. The van der Waals surface area contributed by atoms with Crippen molar-refractivity contribution in [3.63, 3.8) is 0 Å².